The van der Waals surface area contributed by atoms with E-state index in [0.717, 1.165) is 22.5 Å². The van der Waals surface area contributed by atoms with Crippen LogP contribution in [0.25, 0.3) is 27.8 Å². The summed E-state index contributed by atoms with van der Waals surface area (Å²) in [4.78, 5) is 12.7. The number of hydrogen-bond donors (Lipinski definition) is 0. The molecule has 0 radical (unpaired) electrons. The minimum atomic E-state index is -0.00411. The lowest BCUT2D eigenvalue weighted by Gasteiger charge is -2.19. The molecule has 0 saturated heterocycles. The second kappa shape index (κ2) is 7.00. The monoisotopic (exact) mass is 357 g/mol. The van der Waals surface area contributed by atoms with Gasteiger partial charge in [-0.05, 0) is 17.7 Å². The first kappa shape index (κ1) is 16.9. The lowest BCUT2D eigenvalue weighted by atomic mass is 10.1. The van der Waals surface area contributed by atoms with Crippen molar-refractivity contribution in [2.45, 2.75) is 0 Å². The number of ether oxygens (including phenoxy) is 2. The first-order chi connectivity index (χ1) is 13.2. The Labute approximate surface area is 157 Å². The van der Waals surface area contributed by atoms with Gasteiger partial charge in [0.1, 0.15) is 11.5 Å². The van der Waals surface area contributed by atoms with Crippen LogP contribution in [0.15, 0.2) is 83.7 Å². The van der Waals surface area contributed by atoms with Crippen molar-refractivity contribution in [3.8, 4) is 28.4 Å². The van der Waals surface area contributed by atoms with Crippen LogP contribution in [0.5, 0.6) is 11.5 Å². The molecule has 0 amide bonds. The fraction of sp³-hybridized carbons (Fsp3) is 0.0870. The van der Waals surface area contributed by atoms with Gasteiger partial charge in [-0.25, -0.2) is 0 Å². The summed E-state index contributed by atoms with van der Waals surface area (Å²) in [6, 6.07) is 24.9. The molecular formula is C23H19NO3. The van der Waals surface area contributed by atoms with Gasteiger partial charge in [0, 0.05) is 29.7 Å². The van der Waals surface area contributed by atoms with E-state index in [0.29, 0.717) is 16.9 Å². The van der Waals surface area contributed by atoms with Crippen LogP contribution in [0, 0.1) is 0 Å². The van der Waals surface area contributed by atoms with Gasteiger partial charge < -0.3 is 14.0 Å². The molecule has 0 aliphatic heterocycles. The summed E-state index contributed by atoms with van der Waals surface area (Å²) in [7, 11) is 3.25. The summed E-state index contributed by atoms with van der Waals surface area (Å²) in [6.45, 7) is 0. The Bertz CT molecular complexity index is 1140. The van der Waals surface area contributed by atoms with Gasteiger partial charge in [0.05, 0.1) is 31.1 Å². The Morgan fingerprint density at radius 1 is 0.741 bits per heavy atom. The van der Waals surface area contributed by atoms with Crippen LogP contribution in [0.3, 0.4) is 0 Å². The van der Waals surface area contributed by atoms with E-state index in [-0.39, 0.29) is 5.43 Å². The summed E-state index contributed by atoms with van der Waals surface area (Å²) in [5, 5.41) is 0.666. The number of para-hydroxylation sites is 1. The van der Waals surface area contributed by atoms with E-state index in [1.165, 1.54) is 0 Å². The third-order valence-corrected chi connectivity index (χ3v) is 4.58. The molecule has 0 aliphatic rings. The molecule has 0 saturated carbocycles. The summed E-state index contributed by atoms with van der Waals surface area (Å²) in [5.74, 6) is 1.37. The Balaban J connectivity index is 2.13. The van der Waals surface area contributed by atoms with E-state index >= 15 is 0 Å². The zero-order valence-electron chi connectivity index (χ0n) is 15.2. The quantitative estimate of drug-likeness (QED) is 0.533. The van der Waals surface area contributed by atoms with Crippen LogP contribution in [0.4, 0.5) is 0 Å². The maximum Gasteiger partial charge on any atom is 0.190 e. The molecule has 1 heterocycles. The average Bonchev–Trinajstić information content (AvgIpc) is 2.74. The van der Waals surface area contributed by atoms with Crippen molar-refractivity contribution in [2.75, 3.05) is 14.2 Å². The van der Waals surface area contributed by atoms with Crippen molar-refractivity contribution in [2.24, 2.45) is 0 Å². The van der Waals surface area contributed by atoms with E-state index in [2.05, 4.69) is 4.57 Å². The standard InChI is InChI=1S/C23H19NO3/c1-26-18-12-17(13-19(14-18)27-2)24-21-11-7-6-10-20(21)23(25)15-22(24)16-8-4-3-5-9-16/h3-15H,1-2H3. The number of benzene rings is 3. The predicted octanol–water partition coefficient (Wildman–Crippen LogP) is 4.67. The second-order valence-electron chi connectivity index (χ2n) is 6.18. The average molecular weight is 357 g/mol. The minimum Gasteiger partial charge on any atom is -0.497 e. The van der Waals surface area contributed by atoms with Gasteiger partial charge in [-0.1, -0.05) is 42.5 Å². The highest BCUT2D eigenvalue weighted by molar-refractivity contribution is 5.85. The summed E-state index contributed by atoms with van der Waals surface area (Å²) < 4.78 is 13.0. The molecule has 1 aromatic heterocycles. The van der Waals surface area contributed by atoms with E-state index in [1.807, 2.05) is 72.8 Å². The fourth-order valence-corrected chi connectivity index (χ4v) is 3.29. The van der Waals surface area contributed by atoms with Gasteiger partial charge in [-0.2, -0.15) is 0 Å². The van der Waals surface area contributed by atoms with E-state index in [1.54, 1.807) is 20.3 Å². The van der Waals surface area contributed by atoms with Crippen LogP contribution >= 0.6 is 0 Å². The smallest absolute Gasteiger partial charge is 0.190 e. The Hall–Kier alpha value is -3.53. The number of aromatic nitrogens is 1. The van der Waals surface area contributed by atoms with Crippen molar-refractivity contribution in [3.05, 3.63) is 89.1 Å². The molecule has 0 aliphatic carbocycles. The number of pyridine rings is 1. The molecule has 4 nitrogen and oxygen atoms in total. The molecule has 27 heavy (non-hydrogen) atoms. The highest BCUT2D eigenvalue weighted by atomic mass is 16.5. The van der Waals surface area contributed by atoms with Gasteiger partial charge in [0.2, 0.25) is 0 Å². The second-order valence-corrected chi connectivity index (χ2v) is 6.18. The van der Waals surface area contributed by atoms with Crippen molar-refractivity contribution in [1.82, 2.24) is 4.57 Å². The normalized spacial score (nSPS) is 10.7. The van der Waals surface area contributed by atoms with Gasteiger partial charge >= 0.3 is 0 Å². The van der Waals surface area contributed by atoms with Gasteiger partial charge in [-0.3, -0.25) is 4.79 Å². The molecule has 4 heteroatoms. The summed E-state index contributed by atoms with van der Waals surface area (Å²) in [5.41, 5.74) is 3.47. The number of hydrogen-bond acceptors (Lipinski definition) is 3. The molecule has 0 bridgehead atoms. The first-order valence-electron chi connectivity index (χ1n) is 8.65. The van der Waals surface area contributed by atoms with Crippen molar-refractivity contribution < 1.29 is 9.47 Å². The number of fused-ring (bicyclic) bond motifs is 1. The number of rotatable bonds is 4. The third kappa shape index (κ3) is 3.06. The zero-order valence-corrected chi connectivity index (χ0v) is 15.2. The minimum absolute atomic E-state index is 0.00411. The highest BCUT2D eigenvalue weighted by Gasteiger charge is 2.14. The Kier molecular flexibility index (Phi) is 4.38. The van der Waals surface area contributed by atoms with Crippen LogP contribution in [0.1, 0.15) is 0 Å². The molecule has 0 fully saturated rings. The predicted molar refractivity (Wildman–Crippen MR) is 108 cm³/mol. The molecule has 0 atom stereocenters. The molecule has 0 N–H and O–H groups in total. The fourth-order valence-electron chi connectivity index (χ4n) is 3.29. The number of nitrogens with zero attached hydrogens (tertiary/aromatic N) is 1. The van der Waals surface area contributed by atoms with Crippen LogP contribution in [0.2, 0.25) is 0 Å². The Morgan fingerprint density at radius 2 is 1.37 bits per heavy atom. The van der Waals surface area contributed by atoms with Gasteiger partial charge in [0.15, 0.2) is 5.43 Å². The van der Waals surface area contributed by atoms with Crippen molar-refractivity contribution in [3.63, 3.8) is 0 Å². The van der Waals surface area contributed by atoms with Gasteiger partial charge in [0.25, 0.3) is 0 Å². The van der Waals surface area contributed by atoms with Crippen molar-refractivity contribution >= 4 is 10.9 Å². The summed E-state index contributed by atoms with van der Waals surface area (Å²) in [6.07, 6.45) is 0. The van der Waals surface area contributed by atoms with E-state index < -0.39 is 0 Å². The SMILES string of the molecule is COc1cc(OC)cc(-n2c(-c3ccccc3)cc(=O)c3ccccc32)c1. The maximum absolute atomic E-state index is 12.7. The highest BCUT2D eigenvalue weighted by Crippen LogP contribution is 2.31. The van der Waals surface area contributed by atoms with Crippen LogP contribution in [-0.4, -0.2) is 18.8 Å². The Morgan fingerprint density at radius 3 is 2.04 bits per heavy atom. The van der Waals surface area contributed by atoms with Gasteiger partial charge in [-0.15, -0.1) is 0 Å². The molecule has 4 aromatic rings. The molecule has 0 spiro atoms. The number of methoxy groups -OCH3 is 2. The molecule has 134 valence electrons. The third-order valence-electron chi connectivity index (χ3n) is 4.58. The van der Waals surface area contributed by atoms with E-state index in [4.69, 9.17) is 9.47 Å². The van der Waals surface area contributed by atoms with Crippen LogP contribution < -0.4 is 14.9 Å². The topological polar surface area (TPSA) is 40.5 Å². The maximum atomic E-state index is 12.7. The molecule has 4 rings (SSSR count). The van der Waals surface area contributed by atoms with Crippen LogP contribution in [-0.2, 0) is 0 Å². The molecular weight excluding hydrogens is 338 g/mol. The van der Waals surface area contributed by atoms with Crippen molar-refractivity contribution in [1.29, 1.82) is 0 Å². The molecule has 3 aromatic carbocycles. The largest absolute Gasteiger partial charge is 0.497 e. The zero-order chi connectivity index (χ0) is 18.8. The van der Waals surface area contributed by atoms with E-state index in [9.17, 15) is 4.79 Å². The lowest BCUT2D eigenvalue weighted by molar-refractivity contribution is 0.394. The molecule has 0 unspecified atom stereocenters. The lowest BCUT2D eigenvalue weighted by Crippen LogP contribution is -2.10. The first-order valence-corrected chi connectivity index (χ1v) is 8.65. The summed E-state index contributed by atoms with van der Waals surface area (Å²) >= 11 is 0.